The Labute approximate surface area is 76.2 Å². The first kappa shape index (κ1) is 8.29. The molecule has 0 N–H and O–H groups in total. The highest BCUT2D eigenvalue weighted by atomic mass is 16.5. The highest BCUT2D eigenvalue weighted by Gasteiger charge is 2.45. The zero-order chi connectivity index (χ0) is 9.64. The second-order valence-electron chi connectivity index (χ2n) is 3.78. The van der Waals surface area contributed by atoms with Crippen molar-refractivity contribution >= 4 is 11.7 Å². The Hall–Kier alpha value is -1.32. The van der Waals surface area contributed by atoms with Crippen molar-refractivity contribution in [1.29, 1.82) is 0 Å². The van der Waals surface area contributed by atoms with Gasteiger partial charge >= 0.3 is 0 Å². The number of carbonyl (C=O) groups excluding carboxylic acids is 2. The van der Waals surface area contributed by atoms with Gasteiger partial charge in [-0.25, -0.2) is 0 Å². The highest BCUT2D eigenvalue weighted by Crippen LogP contribution is 2.31. The molecule has 0 aromatic heterocycles. The van der Waals surface area contributed by atoms with E-state index in [-0.39, 0.29) is 11.7 Å². The minimum absolute atomic E-state index is 0.160. The molecule has 4 nitrogen and oxygen atoms in total. The normalized spacial score (nSPS) is 25.4. The number of fused-ring (bicyclic) bond motifs is 1. The minimum atomic E-state index is -0.919. The molecule has 0 aliphatic carbocycles. The monoisotopic (exact) mass is 181 g/mol. The molecule has 0 bridgehead atoms. The smallest absolute Gasteiger partial charge is 0.242 e. The van der Waals surface area contributed by atoms with Crippen LogP contribution in [0.3, 0.4) is 0 Å². The summed E-state index contributed by atoms with van der Waals surface area (Å²) in [6.45, 7) is 4.33. The van der Waals surface area contributed by atoms with Crippen LogP contribution in [-0.2, 0) is 14.3 Å². The molecule has 0 aromatic carbocycles. The second kappa shape index (κ2) is 2.34. The van der Waals surface area contributed by atoms with Crippen LogP contribution in [0.4, 0.5) is 0 Å². The lowest BCUT2D eigenvalue weighted by molar-refractivity contribution is -0.145. The number of rotatable bonds is 0. The number of nitrogens with zero attached hydrogens (tertiary/aromatic N) is 1. The Morgan fingerprint density at radius 3 is 2.85 bits per heavy atom. The summed E-state index contributed by atoms with van der Waals surface area (Å²) in [7, 11) is 0. The van der Waals surface area contributed by atoms with Gasteiger partial charge in [0.1, 0.15) is 12.0 Å². The van der Waals surface area contributed by atoms with Crippen LogP contribution in [0.5, 0.6) is 0 Å². The van der Waals surface area contributed by atoms with Crippen molar-refractivity contribution in [2.45, 2.75) is 13.8 Å². The van der Waals surface area contributed by atoms with Gasteiger partial charge in [0.25, 0.3) is 0 Å². The third-order valence-electron chi connectivity index (χ3n) is 2.48. The van der Waals surface area contributed by atoms with Crippen LogP contribution in [0, 0.1) is 5.41 Å². The highest BCUT2D eigenvalue weighted by molar-refractivity contribution is 6.13. The van der Waals surface area contributed by atoms with Gasteiger partial charge < -0.3 is 4.74 Å². The summed E-state index contributed by atoms with van der Waals surface area (Å²) in [4.78, 5) is 24.7. The van der Waals surface area contributed by atoms with Gasteiger partial charge in [-0.2, -0.15) is 0 Å². The number of hydrogen-bond acceptors (Lipinski definition) is 3. The summed E-state index contributed by atoms with van der Waals surface area (Å²) in [6.07, 6.45) is 1.41. The summed E-state index contributed by atoms with van der Waals surface area (Å²) < 4.78 is 5.14. The SMILES string of the molecule is CC1(C)C(=O)C=C2OCCN2C1=O. The zero-order valence-corrected chi connectivity index (χ0v) is 7.66. The van der Waals surface area contributed by atoms with Gasteiger partial charge in [-0.15, -0.1) is 0 Å². The zero-order valence-electron chi connectivity index (χ0n) is 7.66. The Kier molecular flexibility index (Phi) is 1.49. The number of amides is 1. The predicted octanol–water partition coefficient (Wildman–Crippen LogP) is 0.295. The van der Waals surface area contributed by atoms with Crippen LogP contribution in [-0.4, -0.2) is 29.7 Å². The topological polar surface area (TPSA) is 46.6 Å². The molecule has 13 heavy (non-hydrogen) atoms. The summed E-state index contributed by atoms with van der Waals surface area (Å²) in [5.74, 6) is 0.0764. The standard InChI is InChI=1S/C9H11NO3/c1-9(2)6(11)5-7-10(8(9)12)3-4-13-7/h5H,3-4H2,1-2H3. The summed E-state index contributed by atoms with van der Waals surface area (Å²) in [6, 6.07) is 0. The number of allylic oxidation sites excluding steroid dienone is 1. The number of hydrogen-bond donors (Lipinski definition) is 0. The van der Waals surface area contributed by atoms with E-state index in [2.05, 4.69) is 0 Å². The van der Waals surface area contributed by atoms with Gasteiger partial charge in [0.15, 0.2) is 11.7 Å². The lowest BCUT2D eigenvalue weighted by Crippen LogP contribution is -2.46. The Morgan fingerprint density at radius 2 is 2.15 bits per heavy atom. The van der Waals surface area contributed by atoms with E-state index < -0.39 is 5.41 Å². The lowest BCUT2D eigenvalue weighted by atomic mass is 9.84. The van der Waals surface area contributed by atoms with E-state index in [1.807, 2.05) is 0 Å². The van der Waals surface area contributed by atoms with Gasteiger partial charge in [-0.1, -0.05) is 0 Å². The summed E-state index contributed by atoms with van der Waals surface area (Å²) in [5.41, 5.74) is -0.919. The van der Waals surface area contributed by atoms with Gasteiger partial charge in [-0.3, -0.25) is 14.5 Å². The van der Waals surface area contributed by atoms with Crippen molar-refractivity contribution in [2.75, 3.05) is 13.2 Å². The maximum atomic E-state index is 11.7. The fraction of sp³-hybridized carbons (Fsp3) is 0.556. The molecule has 0 unspecified atom stereocenters. The summed E-state index contributed by atoms with van der Waals surface area (Å²) in [5, 5.41) is 0. The van der Waals surface area contributed by atoms with Crippen LogP contribution in [0.2, 0.25) is 0 Å². The first-order chi connectivity index (χ1) is 6.03. The third kappa shape index (κ3) is 0.978. The molecule has 2 aliphatic rings. The fourth-order valence-corrected chi connectivity index (χ4v) is 1.49. The molecule has 1 amide bonds. The molecule has 2 rings (SSSR count). The van der Waals surface area contributed by atoms with E-state index in [1.165, 1.54) is 11.0 Å². The van der Waals surface area contributed by atoms with E-state index in [9.17, 15) is 9.59 Å². The molecule has 4 heteroatoms. The van der Waals surface area contributed by atoms with E-state index in [0.717, 1.165) is 0 Å². The predicted molar refractivity (Wildman–Crippen MR) is 44.5 cm³/mol. The molecule has 0 spiro atoms. The molecule has 0 atom stereocenters. The second-order valence-corrected chi connectivity index (χ2v) is 3.78. The molecule has 1 saturated heterocycles. The van der Waals surface area contributed by atoms with Crippen LogP contribution in [0.15, 0.2) is 12.0 Å². The van der Waals surface area contributed by atoms with Gasteiger partial charge in [0, 0.05) is 6.08 Å². The average molecular weight is 181 g/mol. The first-order valence-electron chi connectivity index (χ1n) is 4.24. The minimum Gasteiger partial charge on any atom is -0.477 e. The quantitative estimate of drug-likeness (QED) is 0.505. The molecule has 0 saturated carbocycles. The van der Waals surface area contributed by atoms with Crippen molar-refractivity contribution in [3.63, 3.8) is 0 Å². The first-order valence-corrected chi connectivity index (χ1v) is 4.24. The largest absolute Gasteiger partial charge is 0.477 e. The van der Waals surface area contributed by atoms with E-state index in [0.29, 0.717) is 19.0 Å². The van der Waals surface area contributed by atoms with E-state index in [4.69, 9.17) is 4.74 Å². The van der Waals surface area contributed by atoms with E-state index >= 15 is 0 Å². The van der Waals surface area contributed by atoms with Crippen molar-refractivity contribution < 1.29 is 14.3 Å². The van der Waals surface area contributed by atoms with Crippen molar-refractivity contribution in [3.05, 3.63) is 12.0 Å². The van der Waals surface area contributed by atoms with Gasteiger partial charge in [-0.05, 0) is 13.8 Å². The molecule has 1 fully saturated rings. The summed E-state index contributed by atoms with van der Waals surface area (Å²) >= 11 is 0. The van der Waals surface area contributed by atoms with Crippen LogP contribution >= 0.6 is 0 Å². The lowest BCUT2D eigenvalue weighted by Gasteiger charge is -2.30. The third-order valence-corrected chi connectivity index (χ3v) is 2.48. The van der Waals surface area contributed by atoms with Crippen LogP contribution in [0.1, 0.15) is 13.8 Å². The molecular formula is C9H11NO3. The van der Waals surface area contributed by atoms with Crippen molar-refractivity contribution in [3.8, 4) is 0 Å². The number of carbonyl (C=O) groups is 2. The maximum absolute atomic E-state index is 11.7. The molecule has 0 aromatic rings. The van der Waals surface area contributed by atoms with Crippen molar-refractivity contribution in [2.24, 2.45) is 5.41 Å². The number of ether oxygens (including phenoxy) is 1. The molecule has 2 aliphatic heterocycles. The molecule has 0 radical (unpaired) electrons. The molecular weight excluding hydrogens is 170 g/mol. The van der Waals surface area contributed by atoms with Crippen LogP contribution < -0.4 is 0 Å². The van der Waals surface area contributed by atoms with Crippen molar-refractivity contribution in [1.82, 2.24) is 4.90 Å². The van der Waals surface area contributed by atoms with Gasteiger partial charge in [0.2, 0.25) is 5.91 Å². The molecule has 70 valence electrons. The Morgan fingerprint density at radius 1 is 1.46 bits per heavy atom. The molecule has 2 heterocycles. The fourth-order valence-electron chi connectivity index (χ4n) is 1.49. The Balaban J connectivity index is 2.45. The maximum Gasteiger partial charge on any atom is 0.242 e. The average Bonchev–Trinajstić information content (AvgIpc) is 2.49. The Bertz CT molecular complexity index is 317. The van der Waals surface area contributed by atoms with Crippen LogP contribution in [0.25, 0.3) is 0 Å². The van der Waals surface area contributed by atoms with Gasteiger partial charge in [0.05, 0.1) is 6.54 Å². The van der Waals surface area contributed by atoms with E-state index in [1.54, 1.807) is 13.8 Å². The number of ketones is 1.